The number of hydrogen-bond donors (Lipinski definition) is 3. The van der Waals surface area contributed by atoms with Gasteiger partial charge in [0, 0.05) is 12.8 Å². The lowest BCUT2D eigenvalue weighted by atomic mass is 10.0. The first kappa shape index (κ1) is 18.5. The fraction of sp³-hybridized carbons (Fsp3) is 0.429. The zero-order valence-electron chi connectivity index (χ0n) is 15.4. The molecule has 3 rings (SSSR count). The van der Waals surface area contributed by atoms with Crippen LogP contribution >= 0.6 is 0 Å². The first-order chi connectivity index (χ1) is 12.5. The van der Waals surface area contributed by atoms with Crippen molar-refractivity contribution < 1.29 is 10.0 Å². The molecule has 1 aliphatic heterocycles. The maximum atomic E-state index is 12.6. The van der Waals surface area contributed by atoms with Gasteiger partial charge in [0.1, 0.15) is 25.0 Å². The van der Waals surface area contributed by atoms with Crippen LogP contribution in [-0.4, -0.2) is 34.3 Å². The number of allylic oxidation sites excluding steroid dienone is 1. The highest BCUT2D eigenvalue weighted by molar-refractivity contribution is 5.26. The van der Waals surface area contributed by atoms with Crippen molar-refractivity contribution in [1.82, 2.24) is 9.97 Å². The van der Waals surface area contributed by atoms with Gasteiger partial charge in [-0.1, -0.05) is 35.9 Å². The first-order valence-corrected chi connectivity index (χ1v) is 9.34. The van der Waals surface area contributed by atoms with Gasteiger partial charge in [-0.2, -0.15) is 0 Å². The minimum atomic E-state index is -0.350. The molecule has 2 atom stereocenters. The van der Waals surface area contributed by atoms with E-state index in [0.29, 0.717) is 19.5 Å². The molecular formula is C21H28N3O2+. The van der Waals surface area contributed by atoms with Crippen molar-refractivity contribution >= 4 is 0 Å². The number of aliphatic hydroxyl groups is 1. The molecule has 0 saturated carbocycles. The summed E-state index contributed by atoms with van der Waals surface area (Å²) < 4.78 is 0. The van der Waals surface area contributed by atoms with E-state index >= 15 is 0 Å². The highest BCUT2D eigenvalue weighted by Crippen LogP contribution is 2.10. The van der Waals surface area contributed by atoms with E-state index in [0.717, 1.165) is 48.5 Å². The van der Waals surface area contributed by atoms with Crippen LogP contribution in [0.2, 0.25) is 0 Å². The van der Waals surface area contributed by atoms with Crippen LogP contribution in [0.4, 0.5) is 0 Å². The van der Waals surface area contributed by atoms with E-state index in [1.807, 2.05) is 12.1 Å². The maximum Gasteiger partial charge on any atom is 0.260 e. The predicted octanol–water partition coefficient (Wildman–Crippen LogP) is 0.937. The number of aliphatic hydroxyl groups excluding tert-OH is 1. The maximum absolute atomic E-state index is 12.6. The second-order valence-electron chi connectivity index (χ2n) is 7.25. The van der Waals surface area contributed by atoms with Crippen LogP contribution in [0.5, 0.6) is 0 Å². The van der Waals surface area contributed by atoms with Gasteiger partial charge < -0.3 is 15.0 Å². The summed E-state index contributed by atoms with van der Waals surface area (Å²) in [6.07, 6.45) is 4.44. The lowest BCUT2D eigenvalue weighted by molar-refractivity contribution is -0.919. The number of aryl methyl sites for hydroxylation is 1. The van der Waals surface area contributed by atoms with Crippen molar-refractivity contribution in [3.63, 3.8) is 0 Å². The number of benzene rings is 1. The molecule has 0 bridgehead atoms. The molecule has 2 heterocycles. The van der Waals surface area contributed by atoms with E-state index < -0.39 is 0 Å². The average molecular weight is 354 g/mol. The Balaban J connectivity index is 1.70. The number of rotatable bonds is 7. The Morgan fingerprint density at radius 2 is 2.31 bits per heavy atom. The molecule has 5 heteroatoms. The molecule has 1 unspecified atom stereocenters. The van der Waals surface area contributed by atoms with Crippen molar-refractivity contribution in [2.75, 3.05) is 13.1 Å². The quantitative estimate of drug-likeness (QED) is 0.648. The third-order valence-electron chi connectivity index (χ3n) is 4.97. The molecule has 0 amide bonds. The average Bonchev–Trinajstić information content (AvgIpc) is 2.60. The Morgan fingerprint density at radius 1 is 1.46 bits per heavy atom. The fourth-order valence-corrected chi connectivity index (χ4v) is 3.64. The second kappa shape index (κ2) is 8.43. The minimum Gasteiger partial charge on any atom is -0.387 e. The molecule has 1 aliphatic rings. The van der Waals surface area contributed by atoms with Crippen molar-refractivity contribution in [1.29, 1.82) is 0 Å². The lowest BCUT2D eigenvalue weighted by Gasteiger charge is -2.26. The number of fused-ring (bicyclic) bond motifs is 1. The van der Waals surface area contributed by atoms with Gasteiger partial charge in [-0.3, -0.25) is 4.79 Å². The molecule has 138 valence electrons. The third kappa shape index (κ3) is 4.68. The van der Waals surface area contributed by atoms with E-state index in [2.05, 4.69) is 36.7 Å². The monoisotopic (exact) mass is 354 g/mol. The van der Waals surface area contributed by atoms with Crippen LogP contribution in [0, 0.1) is 6.92 Å². The zero-order valence-corrected chi connectivity index (χ0v) is 15.4. The molecule has 1 aromatic heterocycles. The Kier molecular flexibility index (Phi) is 6.01. The predicted molar refractivity (Wildman–Crippen MR) is 102 cm³/mol. The number of hydrogen-bond acceptors (Lipinski definition) is 3. The van der Waals surface area contributed by atoms with Crippen LogP contribution in [-0.2, 0) is 19.4 Å². The van der Waals surface area contributed by atoms with E-state index in [9.17, 15) is 9.90 Å². The normalized spacial score (nSPS) is 17.5. The molecule has 2 aromatic rings. The van der Waals surface area contributed by atoms with Gasteiger partial charge in [-0.15, -0.1) is 6.58 Å². The van der Waals surface area contributed by atoms with Crippen LogP contribution in [0.25, 0.3) is 0 Å². The van der Waals surface area contributed by atoms with Crippen molar-refractivity contribution in [3.05, 3.63) is 75.5 Å². The molecule has 0 spiro atoms. The molecule has 0 fully saturated rings. The molecular weight excluding hydrogens is 326 g/mol. The summed E-state index contributed by atoms with van der Waals surface area (Å²) in [7, 11) is 0. The van der Waals surface area contributed by atoms with Crippen LogP contribution in [0.1, 0.15) is 41.1 Å². The number of H-pyrrole nitrogens is 1. The molecule has 0 saturated heterocycles. The van der Waals surface area contributed by atoms with E-state index in [1.165, 1.54) is 10.5 Å². The lowest BCUT2D eigenvalue weighted by Crippen LogP contribution is -3.13. The van der Waals surface area contributed by atoms with Crippen molar-refractivity contribution in [3.8, 4) is 0 Å². The summed E-state index contributed by atoms with van der Waals surface area (Å²) >= 11 is 0. The fourth-order valence-electron chi connectivity index (χ4n) is 3.64. The van der Waals surface area contributed by atoms with E-state index in [1.54, 1.807) is 0 Å². The number of nitrogens with one attached hydrogen (secondary N) is 2. The van der Waals surface area contributed by atoms with E-state index in [-0.39, 0.29) is 11.7 Å². The van der Waals surface area contributed by atoms with Crippen LogP contribution in [0.3, 0.4) is 0 Å². The van der Waals surface area contributed by atoms with Gasteiger partial charge in [0.2, 0.25) is 0 Å². The summed E-state index contributed by atoms with van der Waals surface area (Å²) in [5, 5.41) is 10.1. The molecule has 26 heavy (non-hydrogen) atoms. The smallest absolute Gasteiger partial charge is 0.260 e. The molecule has 1 aromatic carbocycles. The number of nitrogens with zero attached hydrogens (tertiary/aromatic N) is 1. The minimum absolute atomic E-state index is 0.0320. The van der Waals surface area contributed by atoms with Crippen molar-refractivity contribution in [2.45, 2.75) is 45.3 Å². The molecule has 5 nitrogen and oxygen atoms in total. The SMILES string of the molecule is C=CCC[C@@H](O)C[NH+]1CCc2nc(Cc3cccc(C)c3)[nH]c(=O)c2C1. The highest BCUT2D eigenvalue weighted by atomic mass is 16.3. The summed E-state index contributed by atoms with van der Waals surface area (Å²) in [4.78, 5) is 21.5. The highest BCUT2D eigenvalue weighted by Gasteiger charge is 2.25. The number of aromatic amines is 1. The van der Waals surface area contributed by atoms with Gasteiger partial charge >= 0.3 is 0 Å². The van der Waals surface area contributed by atoms with Crippen LogP contribution < -0.4 is 10.5 Å². The van der Waals surface area contributed by atoms with E-state index in [4.69, 9.17) is 4.98 Å². The standard InChI is InChI=1S/C21H27N3O2/c1-3-4-8-17(25)13-24-10-9-19-18(14-24)21(26)23-20(22-19)12-16-7-5-6-15(2)11-16/h3,5-7,11,17,25H,1,4,8-10,12-14H2,2H3,(H,22,23,26)/p+1/t17-/m1/s1. The molecule has 0 aliphatic carbocycles. The number of quaternary nitrogens is 1. The Bertz CT molecular complexity index is 828. The van der Waals surface area contributed by atoms with Gasteiger partial charge in [0.15, 0.2) is 0 Å². The van der Waals surface area contributed by atoms with Gasteiger partial charge in [-0.25, -0.2) is 4.98 Å². The Hall–Kier alpha value is -2.24. The topological polar surface area (TPSA) is 70.4 Å². The Morgan fingerprint density at radius 3 is 3.08 bits per heavy atom. The van der Waals surface area contributed by atoms with Crippen molar-refractivity contribution in [2.24, 2.45) is 0 Å². The zero-order chi connectivity index (χ0) is 18.5. The Labute approximate surface area is 154 Å². The largest absolute Gasteiger partial charge is 0.387 e. The van der Waals surface area contributed by atoms with Gasteiger partial charge in [0.25, 0.3) is 5.56 Å². The summed E-state index contributed by atoms with van der Waals surface area (Å²) in [6, 6.07) is 8.27. The second-order valence-corrected chi connectivity index (χ2v) is 7.25. The number of aromatic nitrogens is 2. The summed E-state index contributed by atoms with van der Waals surface area (Å²) in [5.74, 6) is 0.730. The third-order valence-corrected chi connectivity index (χ3v) is 4.97. The van der Waals surface area contributed by atoms with Gasteiger partial charge in [0.05, 0.1) is 17.8 Å². The van der Waals surface area contributed by atoms with Gasteiger partial charge in [-0.05, 0) is 25.3 Å². The first-order valence-electron chi connectivity index (χ1n) is 9.34. The summed E-state index contributed by atoms with van der Waals surface area (Å²) in [5.41, 5.74) is 4.02. The van der Waals surface area contributed by atoms with Crippen LogP contribution in [0.15, 0.2) is 41.7 Å². The summed E-state index contributed by atoms with van der Waals surface area (Å²) in [6.45, 7) is 7.95. The molecule has 0 radical (unpaired) electrons. The molecule has 3 N–H and O–H groups in total.